The fraction of sp³-hybridized carbons (Fsp3) is 0.375. The van der Waals surface area contributed by atoms with Gasteiger partial charge in [-0.1, -0.05) is 19.1 Å². The molecule has 0 amide bonds. The minimum absolute atomic E-state index is 0.266. The van der Waals surface area contributed by atoms with Gasteiger partial charge in [0.2, 0.25) is 0 Å². The summed E-state index contributed by atoms with van der Waals surface area (Å²) in [4.78, 5) is 9.13. The van der Waals surface area contributed by atoms with E-state index in [2.05, 4.69) is 40.4 Å². The van der Waals surface area contributed by atoms with Gasteiger partial charge < -0.3 is 5.32 Å². The van der Waals surface area contributed by atoms with Crippen molar-refractivity contribution in [3.63, 3.8) is 0 Å². The summed E-state index contributed by atoms with van der Waals surface area (Å²) < 4.78 is 0. The Hall–Kier alpha value is -1.74. The van der Waals surface area contributed by atoms with Crippen LogP contribution in [0.1, 0.15) is 42.3 Å². The molecule has 2 unspecified atom stereocenters. The highest BCUT2D eigenvalue weighted by Gasteiger charge is 2.31. The van der Waals surface area contributed by atoms with E-state index in [0.717, 1.165) is 25.1 Å². The summed E-state index contributed by atoms with van der Waals surface area (Å²) in [7, 11) is 0. The number of hydrogen-bond acceptors (Lipinski definition) is 3. The maximum atomic E-state index is 4.60. The summed E-state index contributed by atoms with van der Waals surface area (Å²) >= 11 is 0. The molecule has 1 N–H and O–H groups in total. The maximum Gasteiger partial charge on any atom is 0.0580 e. The van der Waals surface area contributed by atoms with E-state index in [1.165, 1.54) is 11.3 Å². The zero-order chi connectivity index (χ0) is 13.1. The van der Waals surface area contributed by atoms with Gasteiger partial charge in [-0.25, -0.2) is 0 Å². The van der Waals surface area contributed by atoms with Gasteiger partial charge in [0.15, 0.2) is 0 Å². The molecule has 19 heavy (non-hydrogen) atoms. The molecule has 2 atom stereocenters. The molecular weight excluding hydrogens is 234 g/mol. The predicted molar refractivity (Wildman–Crippen MR) is 76.0 cm³/mol. The van der Waals surface area contributed by atoms with Gasteiger partial charge in [0.1, 0.15) is 0 Å². The summed E-state index contributed by atoms with van der Waals surface area (Å²) in [6, 6.07) is 10.6. The minimum Gasteiger partial charge on any atom is -0.308 e. The molecule has 1 aliphatic carbocycles. The fourth-order valence-electron chi connectivity index (χ4n) is 3.00. The summed E-state index contributed by atoms with van der Waals surface area (Å²) in [5.74, 6) is 0.436. The Morgan fingerprint density at radius 3 is 2.89 bits per heavy atom. The highest BCUT2D eigenvalue weighted by molar-refractivity contribution is 5.31. The number of nitrogens with one attached hydrogen (secondary N) is 1. The molecular formula is C16H19N3. The average molecular weight is 253 g/mol. The third-order valence-corrected chi connectivity index (χ3v) is 3.83. The molecule has 98 valence electrons. The van der Waals surface area contributed by atoms with Gasteiger partial charge in [-0.15, -0.1) is 0 Å². The van der Waals surface area contributed by atoms with Crippen LogP contribution in [0.5, 0.6) is 0 Å². The van der Waals surface area contributed by atoms with Crippen LogP contribution < -0.4 is 5.32 Å². The maximum absolute atomic E-state index is 4.60. The summed E-state index contributed by atoms with van der Waals surface area (Å²) in [5.41, 5.74) is 3.76. The molecule has 3 rings (SSSR count). The van der Waals surface area contributed by atoms with Crippen LogP contribution in [-0.4, -0.2) is 16.5 Å². The molecule has 3 heteroatoms. The van der Waals surface area contributed by atoms with E-state index < -0.39 is 0 Å². The molecule has 2 aromatic heterocycles. The van der Waals surface area contributed by atoms with Crippen LogP contribution in [-0.2, 0) is 6.42 Å². The first-order valence-electron chi connectivity index (χ1n) is 6.98. The monoisotopic (exact) mass is 253 g/mol. The van der Waals surface area contributed by atoms with Crippen LogP contribution >= 0.6 is 0 Å². The molecule has 0 saturated carbocycles. The van der Waals surface area contributed by atoms with Crippen LogP contribution in [0.2, 0.25) is 0 Å². The number of rotatable bonds is 4. The number of likely N-dealkylation sites (N-methyl/N-ethyl adjacent to an activating group) is 1. The largest absolute Gasteiger partial charge is 0.308 e. The molecule has 0 spiro atoms. The van der Waals surface area contributed by atoms with Crippen molar-refractivity contribution in [2.45, 2.75) is 31.7 Å². The topological polar surface area (TPSA) is 37.8 Å². The van der Waals surface area contributed by atoms with Gasteiger partial charge in [0.05, 0.1) is 11.7 Å². The van der Waals surface area contributed by atoms with Crippen molar-refractivity contribution in [1.82, 2.24) is 15.3 Å². The molecule has 3 nitrogen and oxygen atoms in total. The van der Waals surface area contributed by atoms with E-state index in [9.17, 15) is 0 Å². The summed E-state index contributed by atoms with van der Waals surface area (Å²) in [6.07, 6.45) is 6.05. The van der Waals surface area contributed by atoms with Crippen molar-refractivity contribution < 1.29 is 0 Å². The lowest BCUT2D eigenvalue weighted by Crippen LogP contribution is -2.27. The standard InChI is InChI=1S/C16H19N3/c1-2-17-16(14-7-3-4-10-18-14)13-9-8-12-6-5-11-19-15(12)13/h3-7,10-11,13,16-17H,2,8-9H2,1H3. The van der Waals surface area contributed by atoms with E-state index in [1.54, 1.807) is 0 Å². The lowest BCUT2D eigenvalue weighted by molar-refractivity contribution is 0.438. The number of aromatic nitrogens is 2. The van der Waals surface area contributed by atoms with Crippen molar-refractivity contribution >= 4 is 0 Å². The Morgan fingerprint density at radius 2 is 2.11 bits per heavy atom. The first kappa shape index (κ1) is 12.3. The van der Waals surface area contributed by atoms with Crippen LogP contribution in [0.4, 0.5) is 0 Å². The second-order valence-electron chi connectivity index (χ2n) is 4.98. The molecule has 0 saturated heterocycles. The van der Waals surface area contributed by atoms with E-state index in [4.69, 9.17) is 0 Å². The number of hydrogen-bond donors (Lipinski definition) is 1. The van der Waals surface area contributed by atoms with Gasteiger partial charge in [-0.2, -0.15) is 0 Å². The summed E-state index contributed by atoms with van der Waals surface area (Å²) in [5, 5.41) is 3.58. The molecule has 0 bridgehead atoms. The second kappa shape index (κ2) is 5.49. The molecule has 0 aliphatic heterocycles. The minimum atomic E-state index is 0.266. The molecule has 1 aliphatic rings. The number of aryl methyl sites for hydroxylation is 1. The van der Waals surface area contributed by atoms with Crippen LogP contribution in [0.15, 0.2) is 42.7 Å². The Labute approximate surface area is 114 Å². The lowest BCUT2D eigenvalue weighted by atomic mass is 9.93. The molecule has 2 aromatic rings. The Kier molecular flexibility index (Phi) is 3.56. The lowest BCUT2D eigenvalue weighted by Gasteiger charge is -2.24. The zero-order valence-electron chi connectivity index (χ0n) is 11.2. The average Bonchev–Trinajstić information content (AvgIpc) is 2.89. The first-order valence-corrected chi connectivity index (χ1v) is 6.98. The molecule has 0 aromatic carbocycles. The Bertz CT molecular complexity index is 539. The van der Waals surface area contributed by atoms with Crippen LogP contribution in [0.3, 0.4) is 0 Å². The third-order valence-electron chi connectivity index (χ3n) is 3.83. The third kappa shape index (κ3) is 2.38. The van der Waals surface area contributed by atoms with Crippen molar-refractivity contribution in [2.75, 3.05) is 6.54 Å². The zero-order valence-corrected chi connectivity index (χ0v) is 11.2. The van der Waals surface area contributed by atoms with Crippen LogP contribution in [0.25, 0.3) is 0 Å². The number of pyridine rings is 2. The van der Waals surface area contributed by atoms with E-state index in [0.29, 0.717) is 5.92 Å². The fourth-order valence-corrected chi connectivity index (χ4v) is 3.00. The van der Waals surface area contributed by atoms with Gasteiger partial charge in [0.25, 0.3) is 0 Å². The van der Waals surface area contributed by atoms with Crippen molar-refractivity contribution in [1.29, 1.82) is 0 Å². The van der Waals surface area contributed by atoms with E-state index in [1.807, 2.05) is 24.5 Å². The molecule has 0 fully saturated rings. The summed E-state index contributed by atoms with van der Waals surface area (Å²) in [6.45, 7) is 3.09. The smallest absolute Gasteiger partial charge is 0.0580 e. The van der Waals surface area contributed by atoms with E-state index >= 15 is 0 Å². The van der Waals surface area contributed by atoms with Gasteiger partial charge in [-0.3, -0.25) is 9.97 Å². The first-order chi connectivity index (χ1) is 9.40. The van der Waals surface area contributed by atoms with Crippen molar-refractivity contribution in [3.05, 3.63) is 59.7 Å². The Balaban J connectivity index is 1.94. The molecule has 2 heterocycles. The SMILES string of the molecule is CCNC(c1ccccn1)C1CCc2cccnc21. The number of fused-ring (bicyclic) bond motifs is 1. The quantitative estimate of drug-likeness (QED) is 0.910. The number of nitrogens with zero attached hydrogens (tertiary/aromatic N) is 2. The van der Waals surface area contributed by atoms with Crippen molar-refractivity contribution in [2.24, 2.45) is 0 Å². The normalized spacial score (nSPS) is 19.1. The van der Waals surface area contributed by atoms with Gasteiger partial charge >= 0.3 is 0 Å². The van der Waals surface area contributed by atoms with E-state index in [-0.39, 0.29) is 6.04 Å². The predicted octanol–water partition coefficient (Wildman–Crippen LogP) is 2.86. The van der Waals surface area contributed by atoms with Crippen molar-refractivity contribution in [3.8, 4) is 0 Å². The van der Waals surface area contributed by atoms with Gasteiger partial charge in [0, 0.05) is 24.0 Å². The highest BCUT2D eigenvalue weighted by atomic mass is 15.0. The molecule has 0 radical (unpaired) electrons. The Morgan fingerprint density at radius 1 is 1.21 bits per heavy atom. The second-order valence-corrected chi connectivity index (χ2v) is 4.98. The van der Waals surface area contributed by atoms with Crippen LogP contribution in [0, 0.1) is 0 Å². The van der Waals surface area contributed by atoms with Gasteiger partial charge in [-0.05, 0) is 43.1 Å². The highest BCUT2D eigenvalue weighted by Crippen LogP contribution is 2.39.